The molecule has 2 nitrogen and oxygen atoms in total. The third-order valence-electron chi connectivity index (χ3n) is 6.46. The molecule has 0 heterocycles. The highest BCUT2D eigenvalue weighted by Crippen LogP contribution is 2.15. The maximum absolute atomic E-state index is 9.28. The number of aliphatic hydroxyl groups excluding tert-OH is 1. The number of quaternary nitrogens is 1. The Bertz CT molecular complexity index is 270. The first-order valence-corrected chi connectivity index (χ1v) is 13.1. The minimum Gasteiger partial charge on any atom is -0.396 e. The van der Waals surface area contributed by atoms with Crippen molar-refractivity contribution in [2.24, 2.45) is 0 Å². The lowest BCUT2D eigenvalue weighted by Crippen LogP contribution is -2.46. The molecule has 0 aromatic carbocycles. The van der Waals surface area contributed by atoms with Crippen LogP contribution in [0.5, 0.6) is 0 Å². The van der Waals surface area contributed by atoms with Crippen LogP contribution in [0.3, 0.4) is 0 Å². The van der Waals surface area contributed by atoms with E-state index in [4.69, 9.17) is 0 Å². The minimum atomic E-state index is 0.351. The molecule has 0 rings (SSSR count). The second kappa shape index (κ2) is 21.6. The van der Waals surface area contributed by atoms with E-state index < -0.39 is 0 Å². The van der Waals surface area contributed by atoms with E-state index in [1.165, 1.54) is 133 Å². The quantitative estimate of drug-likeness (QED) is 0.137. The second-order valence-corrected chi connectivity index (χ2v) is 9.52. The molecule has 0 aliphatic carbocycles. The zero-order chi connectivity index (χ0) is 20.8. The second-order valence-electron chi connectivity index (χ2n) is 9.52. The van der Waals surface area contributed by atoms with E-state index in [1.807, 2.05) is 0 Å². The summed E-state index contributed by atoms with van der Waals surface area (Å²) in [7, 11) is 2.44. The highest BCUT2D eigenvalue weighted by Gasteiger charge is 2.19. The molecule has 0 aliphatic heterocycles. The maximum atomic E-state index is 9.28. The maximum Gasteiger partial charge on any atom is 0.0806 e. The highest BCUT2D eigenvalue weighted by atomic mass is 16.3. The van der Waals surface area contributed by atoms with E-state index in [2.05, 4.69) is 20.9 Å². The number of hydrogen-bond acceptors (Lipinski definition) is 1. The van der Waals surface area contributed by atoms with E-state index in [9.17, 15) is 5.11 Å². The van der Waals surface area contributed by atoms with Crippen molar-refractivity contribution in [1.29, 1.82) is 0 Å². The van der Waals surface area contributed by atoms with Gasteiger partial charge in [0.05, 0.1) is 26.7 Å². The summed E-state index contributed by atoms with van der Waals surface area (Å²) in [6.45, 7) is 8.72. The zero-order valence-electron chi connectivity index (χ0n) is 20.2. The summed E-state index contributed by atoms with van der Waals surface area (Å²) in [4.78, 5) is 0. The Morgan fingerprint density at radius 3 is 1.04 bits per heavy atom. The SMILES string of the molecule is CCCCCCCCCCC[N+](C)(CCCO)CCCCCCCCCCC. The standard InChI is InChI=1S/C26H56NO/c1-4-6-8-10-12-14-16-18-20-23-27(3,25-22-26-28)24-21-19-17-15-13-11-9-7-5-2/h28H,4-26H2,1-3H3/q+1. The Morgan fingerprint density at radius 2 is 0.714 bits per heavy atom. The van der Waals surface area contributed by atoms with Gasteiger partial charge in [-0.15, -0.1) is 0 Å². The lowest BCUT2D eigenvalue weighted by Gasteiger charge is -2.35. The smallest absolute Gasteiger partial charge is 0.0806 e. The van der Waals surface area contributed by atoms with Gasteiger partial charge in [-0.25, -0.2) is 0 Å². The Hall–Kier alpha value is -0.0800. The summed E-state index contributed by atoms with van der Waals surface area (Å²) >= 11 is 0. The van der Waals surface area contributed by atoms with Crippen molar-refractivity contribution in [2.75, 3.05) is 33.3 Å². The van der Waals surface area contributed by atoms with Crippen LogP contribution in [0, 0.1) is 0 Å². The Labute approximate surface area is 179 Å². The fourth-order valence-corrected chi connectivity index (χ4v) is 4.40. The average molecular weight is 399 g/mol. The van der Waals surface area contributed by atoms with E-state index in [0.29, 0.717) is 6.61 Å². The first-order valence-electron chi connectivity index (χ1n) is 13.1. The van der Waals surface area contributed by atoms with Gasteiger partial charge in [0.2, 0.25) is 0 Å². The Kier molecular flexibility index (Phi) is 21.6. The molecule has 0 fully saturated rings. The van der Waals surface area contributed by atoms with Gasteiger partial charge in [0.1, 0.15) is 0 Å². The van der Waals surface area contributed by atoms with Gasteiger partial charge in [0, 0.05) is 13.0 Å². The van der Waals surface area contributed by atoms with Crippen LogP contribution < -0.4 is 0 Å². The molecule has 0 saturated carbocycles. The Morgan fingerprint density at radius 1 is 0.429 bits per heavy atom. The topological polar surface area (TPSA) is 20.2 Å². The molecule has 0 radical (unpaired) electrons. The highest BCUT2D eigenvalue weighted by molar-refractivity contribution is 4.51. The van der Waals surface area contributed by atoms with Crippen LogP contribution in [0.2, 0.25) is 0 Å². The van der Waals surface area contributed by atoms with Crippen LogP contribution in [0.4, 0.5) is 0 Å². The first-order chi connectivity index (χ1) is 13.7. The normalized spacial score (nSPS) is 12.0. The molecular formula is C26H56NO+. The van der Waals surface area contributed by atoms with Gasteiger partial charge in [-0.2, -0.15) is 0 Å². The van der Waals surface area contributed by atoms with Gasteiger partial charge in [0.25, 0.3) is 0 Å². The summed E-state index contributed by atoms with van der Waals surface area (Å²) < 4.78 is 1.19. The molecule has 0 saturated heterocycles. The summed E-state index contributed by atoms with van der Waals surface area (Å²) in [6.07, 6.45) is 26.4. The van der Waals surface area contributed by atoms with Crippen LogP contribution in [-0.2, 0) is 0 Å². The van der Waals surface area contributed by atoms with Gasteiger partial charge in [-0.1, -0.05) is 104 Å². The summed E-state index contributed by atoms with van der Waals surface area (Å²) in [5, 5.41) is 9.28. The molecular weight excluding hydrogens is 342 g/mol. The van der Waals surface area contributed by atoms with Crippen LogP contribution in [-0.4, -0.2) is 42.9 Å². The predicted molar refractivity (Wildman–Crippen MR) is 127 cm³/mol. The molecule has 0 aromatic heterocycles. The fraction of sp³-hybridized carbons (Fsp3) is 1.00. The van der Waals surface area contributed by atoms with Gasteiger partial charge in [-0.3, -0.25) is 0 Å². The van der Waals surface area contributed by atoms with Crippen molar-refractivity contribution >= 4 is 0 Å². The Balaban J connectivity index is 3.75. The van der Waals surface area contributed by atoms with Crippen molar-refractivity contribution in [2.45, 2.75) is 136 Å². The lowest BCUT2D eigenvalue weighted by atomic mass is 10.1. The van der Waals surface area contributed by atoms with Crippen molar-refractivity contribution in [3.8, 4) is 0 Å². The van der Waals surface area contributed by atoms with Crippen LogP contribution in [0.15, 0.2) is 0 Å². The van der Waals surface area contributed by atoms with Crippen molar-refractivity contribution in [3.63, 3.8) is 0 Å². The van der Waals surface area contributed by atoms with Crippen LogP contribution in [0.25, 0.3) is 0 Å². The molecule has 0 amide bonds. The van der Waals surface area contributed by atoms with E-state index in [1.54, 1.807) is 0 Å². The van der Waals surface area contributed by atoms with E-state index in [0.717, 1.165) is 13.0 Å². The average Bonchev–Trinajstić information content (AvgIpc) is 2.70. The summed E-state index contributed by atoms with van der Waals surface area (Å²) in [5.74, 6) is 0. The van der Waals surface area contributed by atoms with Crippen LogP contribution >= 0.6 is 0 Å². The zero-order valence-corrected chi connectivity index (χ0v) is 20.2. The lowest BCUT2D eigenvalue weighted by molar-refractivity contribution is -0.910. The van der Waals surface area contributed by atoms with Crippen molar-refractivity contribution < 1.29 is 9.59 Å². The number of hydrogen-bond donors (Lipinski definition) is 1. The largest absolute Gasteiger partial charge is 0.396 e. The molecule has 0 aromatic rings. The molecule has 0 atom stereocenters. The molecule has 28 heavy (non-hydrogen) atoms. The van der Waals surface area contributed by atoms with Gasteiger partial charge < -0.3 is 9.59 Å². The fourth-order valence-electron chi connectivity index (χ4n) is 4.40. The van der Waals surface area contributed by atoms with Crippen molar-refractivity contribution in [3.05, 3.63) is 0 Å². The molecule has 2 heteroatoms. The number of unbranched alkanes of at least 4 members (excludes halogenated alkanes) is 16. The third-order valence-corrected chi connectivity index (χ3v) is 6.46. The minimum absolute atomic E-state index is 0.351. The molecule has 0 unspecified atom stereocenters. The number of nitrogens with zero attached hydrogens (tertiary/aromatic N) is 1. The van der Waals surface area contributed by atoms with Gasteiger partial charge in [0.15, 0.2) is 0 Å². The summed E-state index contributed by atoms with van der Waals surface area (Å²) in [5.41, 5.74) is 0. The van der Waals surface area contributed by atoms with Crippen molar-refractivity contribution in [1.82, 2.24) is 0 Å². The van der Waals surface area contributed by atoms with E-state index in [-0.39, 0.29) is 0 Å². The van der Waals surface area contributed by atoms with E-state index >= 15 is 0 Å². The molecule has 0 bridgehead atoms. The predicted octanol–water partition coefficient (Wildman–Crippen LogP) is 7.88. The molecule has 170 valence electrons. The summed E-state index contributed by atoms with van der Waals surface area (Å²) in [6, 6.07) is 0. The van der Waals surface area contributed by atoms with Gasteiger partial charge in [-0.05, 0) is 25.7 Å². The van der Waals surface area contributed by atoms with Crippen LogP contribution in [0.1, 0.15) is 136 Å². The molecule has 0 spiro atoms. The third kappa shape index (κ3) is 19.2. The molecule has 1 N–H and O–H groups in total. The number of aliphatic hydroxyl groups is 1. The molecule has 0 aliphatic rings. The monoisotopic (exact) mass is 398 g/mol. The van der Waals surface area contributed by atoms with Gasteiger partial charge >= 0.3 is 0 Å². The number of rotatable bonds is 23. The first kappa shape index (κ1) is 27.9.